The standard InChI is InChI=1S/C8H16O2S/c1-2-3-4-5-8-6-7-11(8,9)10/h8H,2-7H2,1H3. The molecule has 1 aliphatic rings. The zero-order valence-electron chi connectivity index (χ0n) is 7.04. The largest absolute Gasteiger partial charge is 0.229 e. The molecule has 0 amide bonds. The molecule has 3 heteroatoms. The number of sulfone groups is 1. The molecule has 1 atom stereocenters. The van der Waals surface area contributed by atoms with Gasteiger partial charge < -0.3 is 0 Å². The maximum atomic E-state index is 11.0. The van der Waals surface area contributed by atoms with Crippen molar-refractivity contribution < 1.29 is 8.42 Å². The van der Waals surface area contributed by atoms with Gasteiger partial charge in [0.1, 0.15) is 0 Å². The monoisotopic (exact) mass is 176 g/mol. The Morgan fingerprint density at radius 2 is 2.09 bits per heavy atom. The first-order valence-electron chi connectivity index (χ1n) is 4.38. The van der Waals surface area contributed by atoms with Gasteiger partial charge >= 0.3 is 0 Å². The maximum Gasteiger partial charge on any atom is 0.153 e. The van der Waals surface area contributed by atoms with Crippen molar-refractivity contribution in [2.75, 3.05) is 5.75 Å². The van der Waals surface area contributed by atoms with Crippen molar-refractivity contribution in [3.63, 3.8) is 0 Å². The van der Waals surface area contributed by atoms with E-state index in [4.69, 9.17) is 0 Å². The topological polar surface area (TPSA) is 34.1 Å². The van der Waals surface area contributed by atoms with E-state index in [2.05, 4.69) is 6.92 Å². The van der Waals surface area contributed by atoms with Crippen LogP contribution in [-0.2, 0) is 9.84 Å². The highest BCUT2D eigenvalue weighted by Crippen LogP contribution is 2.25. The van der Waals surface area contributed by atoms with Crippen LogP contribution in [0.25, 0.3) is 0 Å². The molecule has 1 saturated heterocycles. The second-order valence-corrected chi connectivity index (χ2v) is 5.67. The molecule has 66 valence electrons. The van der Waals surface area contributed by atoms with Crippen LogP contribution in [0.15, 0.2) is 0 Å². The van der Waals surface area contributed by atoms with Crippen LogP contribution in [0.4, 0.5) is 0 Å². The van der Waals surface area contributed by atoms with E-state index in [1.807, 2.05) is 0 Å². The van der Waals surface area contributed by atoms with Crippen molar-refractivity contribution in [2.24, 2.45) is 0 Å². The van der Waals surface area contributed by atoms with Crippen LogP contribution in [0, 0.1) is 0 Å². The summed E-state index contributed by atoms with van der Waals surface area (Å²) >= 11 is 0. The smallest absolute Gasteiger partial charge is 0.153 e. The number of hydrogen-bond donors (Lipinski definition) is 0. The zero-order chi connectivity index (χ0) is 8.32. The van der Waals surface area contributed by atoms with Crippen molar-refractivity contribution in [3.8, 4) is 0 Å². The molecule has 1 rings (SSSR count). The third-order valence-corrected chi connectivity index (χ3v) is 4.65. The van der Waals surface area contributed by atoms with Gasteiger partial charge in [0.25, 0.3) is 0 Å². The van der Waals surface area contributed by atoms with Crippen LogP contribution < -0.4 is 0 Å². The minimum Gasteiger partial charge on any atom is -0.229 e. The lowest BCUT2D eigenvalue weighted by molar-refractivity contribution is 0.521. The molecule has 0 aromatic heterocycles. The van der Waals surface area contributed by atoms with E-state index in [0.717, 1.165) is 19.3 Å². The van der Waals surface area contributed by atoms with Gasteiger partial charge in [-0.2, -0.15) is 0 Å². The van der Waals surface area contributed by atoms with Gasteiger partial charge in [-0.05, 0) is 12.8 Å². The molecule has 2 nitrogen and oxygen atoms in total. The molecular formula is C8H16O2S. The van der Waals surface area contributed by atoms with Gasteiger partial charge in [0.2, 0.25) is 0 Å². The average molecular weight is 176 g/mol. The molecule has 0 bridgehead atoms. The van der Waals surface area contributed by atoms with Crippen LogP contribution >= 0.6 is 0 Å². The molecule has 0 aromatic carbocycles. The summed E-state index contributed by atoms with van der Waals surface area (Å²) in [6.07, 6.45) is 5.24. The summed E-state index contributed by atoms with van der Waals surface area (Å²) in [6.45, 7) is 2.13. The molecule has 1 unspecified atom stereocenters. The summed E-state index contributed by atoms with van der Waals surface area (Å²) in [7, 11) is -2.60. The first-order valence-corrected chi connectivity index (χ1v) is 6.10. The lowest BCUT2D eigenvalue weighted by atomic mass is 10.1. The van der Waals surface area contributed by atoms with E-state index < -0.39 is 9.84 Å². The summed E-state index contributed by atoms with van der Waals surface area (Å²) < 4.78 is 22.0. The molecular weight excluding hydrogens is 160 g/mol. The van der Waals surface area contributed by atoms with Crippen LogP contribution in [0.2, 0.25) is 0 Å². The van der Waals surface area contributed by atoms with Gasteiger partial charge in [0.05, 0.1) is 11.0 Å². The molecule has 1 fully saturated rings. The van der Waals surface area contributed by atoms with Crippen molar-refractivity contribution in [2.45, 2.75) is 44.3 Å². The lowest BCUT2D eigenvalue weighted by Crippen LogP contribution is -2.36. The molecule has 1 aliphatic heterocycles. The van der Waals surface area contributed by atoms with Gasteiger partial charge in [-0.15, -0.1) is 0 Å². The second kappa shape index (κ2) is 3.57. The second-order valence-electron chi connectivity index (χ2n) is 3.27. The van der Waals surface area contributed by atoms with Crippen molar-refractivity contribution in [1.29, 1.82) is 0 Å². The third kappa shape index (κ3) is 2.19. The van der Waals surface area contributed by atoms with Gasteiger partial charge in [0, 0.05) is 0 Å². The summed E-state index contributed by atoms with van der Waals surface area (Å²) in [4.78, 5) is 0. The average Bonchev–Trinajstić information content (AvgIpc) is 1.96. The molecule has 0 saturated carbocycles. The van der Waals surface area contributed by atoms with Gasteiger partial charge in [-0.25, -0.2) is 8.42 Å². The highest BCUT2D eigenvalue weighted by atomic mass is 32.2. The fourth-order valence-electron chi connectivity index (χ4n) is 1.42. The molecule has 0 spiro atoms. The first kappa shape index (κ1) is 9.04. The van der Waals surface area contributed by atoms with Crippen molar-refractivity contribution in [3.05, 3.63) is 0 Å². The number of rotatable bonds is 4. The number of hydrogen-bond acceptors (Lipinski definition) is 2. The summed E-state index contributed by atoms with van der Waals surface area (Å²) in [6, 6.07) is 0. The fraction of sp³-hybridized carbons (Fsp3) is 1.00. The highest BCUT2D eigenvalue weighted by Gasteiger charge is 2.34. The van der Waals surface area contributed by atoms with E-state index in [1.54, 1.807) is 0 Å². The maximum absolute atomic E-state index is 11.0. The summed E-state index contributed by atoms with van der Waals surface area (Å²) in [5.41, 5.74) is 0. The predicted octanol–water partition coefficient (Wildman–Crippen LogP) is 1.75. The number of unbranched alkanes of at least 4 members (excludes halogenated alkanes) is 2. The van der Waals surface area contributed by atoms with Crippen LogP contribution in [0.3, 0.4) is 0 Å². The molecule has 0 aliphatic carbocycles. The van der Waals surface area contributed by atoms with Crippen LogP contribution in [-0.4, -0.2) is 19.4 Å². The van der Waals surface area contributed by atoms with Gasteiger partial charge in [-0.1, -0.05) is 26.2 Å². The predicted molar refractivity (Wildman–Crippen MR) is 46.3 cm³/mol. The van der Waals surface area contributed by atoms with E-state index in [9.17, 15) is 8.42 Å². The van der Waals surface area contributed by atoms with E-state index in [1.165, 1.54) is 12.8 Å². The van der Waals surface area contributed by atoms with Gasteiger partial charge in [-0.3, -0.25) is 0 Å². The molecule has 0 aromatic rings. The first-order chi connectivity index (χ1) is 5.17. The summed E-state index contributed by atoms with van der Waals surface area (Å²) in [5, 5.41) is 0.0223. The Kier molecular flexibility index (Phi) is 2.93. The third-order valence-electron chi connectivity index (χ3n) is 2.36. The van der Waals surface area contributed by atoms with Crippen molar-refractivity contribution >= 4 is 9.84 Å². The van der Waals surface area contributed by atoms with Crippen molar-refractivity contribution in [1.82, 2.24) is 0 Å². The van der Waals surface area contributed by atoms with E-state index in [-0.39, 0.29) is 5.25 Å². The molecule has 1 heterocycles. The highest BCUT2D eigenvalue weighted by molar-refractivity contribution is 7.93. The SMILES string of the molecule is CCCCCC1CCS1(=O)=O. The molecule has 0 N–H and O–H groups in total. The molecule has 0 radical (unpaired) electrons. The Balaban J connectivity index is 2.19. The Morgan fingerprint density at radius 1 is 1.36 bits per heavy atom. The normalized spacial score (nSPS) is 27.9. The zero-order valence-corrected chi connectivity index (χ0v) is 7.86. The summed E-state index contributed by atoms with van der Waals surface area (Å²) in [5.74, 6) is 0.434. The van der Waals surface area contributed by atoms with Crippen LogP contribution in [0.5, 0.6) is 0 Å². The Labute approximate surface area is 68.9 Å². The van der Waals surface area contributed by atoms with E-state index in [0.29, 0.717) is 5.75 Å². The molecule has 11 heavy (non-hydrogen) atoms. The van der Waals surface area contributed by atoms with E-state index >= 15 is 0 Å². The quantitative estimate of drug-likeness (QED) is 0.612. The van der Waals surface area contributed by atoms with Crippen LogP contribution in [0.1, 0.15) is 39.0 Å². The fourth-order valence-corrected chi connectivity index (χ4v) is 2.90. The Bertz CT molecular complexity index is 206. The minimum absolute atomic E-state index is 0.0223. The Hall–Kier alpha value is -0.0500. The Morgan fingerprint density at radius 3 is 2.45 bits per heavy atom. The van der Waals surface area contributed by atoms with Gasteiger partial charge in [0.15, 0.2) is 9.84 Å². The lowest BCUT2D eigenvalue weighted by Gasteiger charge is -2.25. The minimum atomic E-state index is -2.60.